The summed E-state index contributed by atoms with van der Waals surface area (Å²) >= 11 is 0. The van der Waals surface area contributed by atoms with Crippen molar-refractivity contribution in [3.63, 3.8) is 0 Å². The first-order valence-corrected chi connectivity index (χ1v) is 32.4. The first-order chi connectivity index (χ1) is 49.1. The van der Waals surface area contributed by atoms with Crippen LogP contribution in [0, 0.1) is 0 Å². The maximum Gasteiger partial charge on any atom is 0.161 e. The van der Waals surface area contributed by atoms with Crippen molar-refractivity contribution in [3.05, 3.63) is 287 Å². The van der Waals surface area contributed by atoms with Crippen molar-refractivity contribution in [2.75, 3.05) is 7.11 Å². The van der Waals surface area contributed by atoms with Gasteiger partial charge in [-0.2, -0.15) is 0 Å². The number of phenolic OH excluding ortho intramolecular Hbond substituents is 14. The third kappa shape index (κ3) is 17.3. The zero-order chi connectivity index (χ0) is 72.3. The maximum absolute atomic E-state index is 12.0. The molecule has 0 atom stereocenters. The molecule has 0 saturated heterocycles. The maximum atomic E-state index is 12.0. The molecule has 21 nitrogen and oxygen atoms in total. The topological polar surface area (TPSA) is 370 Å². The number of methoxy groups -OCH3 is 1. The Hall–Kier alpha value is -12.1. The second kappa shape index (κ2) is 31.8. The van der Waals surface area contributed by atoms with Gasteiger partial charge in [0.15, 0.2) is 11.5 Å². The van der Waals surface area contributed by atoms with Crippen LogP contribution in [0.25, 0.3) is 0 Å². The first-order valence-electron chi connectivity index (χ1n) is 32.4. The van der Waals surface area contributed by atoms with E-state index >= 15 is 0 Å². The minimum absolute atomic E-state index is 0.000382. The summed E-state index contributed by atoms with van der Waals surface area (Å²) in [4.78, 5) is 0. The molecule has 0 spiro atoms. The highest BCUT2D eigenvalue weighted by Gasteiger charge is 2.23. The molecule has 11 aromatic carbocycles. The lowest BCUT2D eigenvalue weighted by Gasteiger charge is -2.18. The molecule has 0 amide bonds. The molecule has 0 unspecified atom stereocenters. The van der Waals surface area contributed by atoms with E-state index in [9.17, 15) is 81.7 Å². The number of para-hydroxylation sites is 1. The molecule has 21 heteroatoms. The smallest absolute Gasteiger partial charge is 0.161 e. The number of ether oxygens (including phenoxy) is 5. The fourth-order valence-corrected chi connectivity index (χ4v) is 12.1. The van der Waals surface area contributed by atoms with Crippen LogP contribution in [-0.2, 0) is 106 Å². The molecule has 11 rings (SSSR count). The molecule has 0 aliphatic heterocycles. The van der Waals surface area contributed by atoms with Crippen LogP contribution in [0.15, 0.2) is 176 Å². The summed E-state index contributed by atoms with van der Waals surface area (Å²) in [6.07, 6.45) is 0.546. The molecule has 0 aliphatic carbocycles. The van der Waals surface area contributed by atoms with Gasteiger partial charge in [-0.3, -0.25) is 0 Å². The Morgan fingerprint density at radius 1 is 0.255 bits per heavy atom. The van der Waals surface area contributed by atoms with Crippen LogP contribution in [0.2, 0.25) is 0 Å². The highest BCUT2D eigenvalue weighted by atomic mass is 16.5. The standard InChI is InChI=1S/C81H76O21/c1-98-66-16-11-52(75(92)35-66)43-102-79-23-47(8-17-70(79)87)20-50-3-2-4-53(80(50)96)38-99-39-59-27-56(72(89)32-61(59)41-100-40-60-31-73(90)58(37-82)26-54(60)19-45-6-13-63(83)14-7-45)25-51-12-18-69(86)67(81(51)97)30-57-28-62(77(94)36-76(57)93)42-101-44-68-55(29-65(85)34-78(68)95)21-46-5-9-48(71(88)22-46)24-49-10-15-64(84)33-74(49)91/h2-18,22-23,26-29,31-36,82-97H,19-21,24-25,30,37-44H2,1H3. The van der Waals surface area contributed by atoms with Crippen LogP contribution in [0.1, 0.15) is 111 Å². The van der Waals surface area contributed by atoms with Crippen molar-refractivity contribution in [3.8, 4) is 97.7 Å². The zero-order valence-corrected chi connectivity index (χ0v) is 55.3. The van der Waals surface area contributed by atoms with E-state index in [1.165, 1.54) is 73.8 Å². The molecule has 526 valence electrons. The van der Waals surface area contributed by atoms with E-state index in [-0.39, 0.29) is 193 Å². The van der Waals surface area contributed by atoms with E-state index < -0.39 is 6.61 Å². The van der Waals surface area contributed by atoms with Gasteiger partial charge in [0, 0.05) is 83.3 Å². The second-order valence-electron chi connectivity index (χ2n) is 24.9. The van der Waals surface area contributed by atoms with E-state index in [4.69, 9.17) is 23.7 Å². The average Bonchev–Trinajstić information content (AvgIpc) is 0.819. The van der Waals surface area contributed by atoms with Crippen LogP contribution >= 0.6 is 0 Å². The summed E-state index contributed by atoms with van der Waals surface area (Å²) in [5.41, 5.74) is 8.96. The van der Waals surface area contributed by atoms with Crippen molar-refractivity contribution in [2.24, 2.45) is 0 Å². The third-order valence-corrected chi connectivity index (χ3v) is 17.8. The van der Waals surface area contributed by atoms with E-state index in [1.54, 1.807) is 97.1 Å². The van der Waals surface area contributed by atoms with Gasteiger partial charge < -0.3 is 105 Å². The molecule has 0 aromatic heterocycles. The van der Waals surface area contributed by atoms with Gasteiger partial charge in [-0.05, 0) is 182 Å². The Kier molecular flexibility index (Phi) is 22.2. The molecule has 0 fully saturated rings. The quantitative estimate of drug-likeness (QED) is 0.0207. The van der Waals surface area contributed by atoms with Gasteiger partial charge in [0.25, 0.3) is 0 Å². The monoisotopic (exact) mass is 1380 g/mol. The van der Waals surface area contributed by atoms with Crippen LogP contribution in [-0.4, -0.2) is 88.8 Å². The highest BCUT2D eigenvalue weighted by Crippen LogP contribution is 2.41. The highest BCUT2D eigenvalue weighted by molar-refractivity contribution is 5.58. The fraction of sp³-hybridized carbons (Fsp3) is 0.185. The number of hydrogen-bond donors (Lipinski definition) is 16. The minimum Gasteiger partial charge on any atom is -0.508 e. The Morgan fingerprint density at radius 2 is 0.745 bits per heavy atom. The summed E-state index contributed by atoms with van der Waals surface area (Å²) in [6.45, 7) is -1.26. The number of aliphatic hydroxyl groups excluding tert-OH is 1. The van der Waals surface area contributed by atoms with Crippen LogP contribution < -0.4 is 9.47 Å². The van der Waals surface area contributed by atoms with Crippen molar-refractivity contribution in [1.82, 2.24) is 0 Å². The van der Waals surface area contributed by atoms with Gasteiger partial charge in [0.05, 0.1) is 53.4 Å². The van der Waals surface area contributed by atoms with Crippen LogP contribution in [0.3, 0.4) is 0 Å². The average molecular weight is 1390 g/mol. The first kappa shape index (κ1) is 71.2. The van der Waals surface area contributed by atoms with Crippen molar-refractivity contribution >= 4 is 0 Å². The van der Waals surface area contributed by atoms with Gasteiger partial charge >= 0.3 is 0 Å². The molecule has 0 radical (unpaired) electrons. The largest absolute Gasteiger partial charge is 0.508 e. The molecule has 16 N–H and O–H groups in total. The molecule has 0 saturated carbocycles. The van der Waals surface area contributed by atoms with Crippen molar-refractivity contribution in [1.29, 1.82) is 0 Å². The molecule has 0 heterocycles. The Morgan fingerprint density at radius 3 is 1.46 bits per heavy atom. The lowest BCUT2D eigenvalue weighted by atomic mass is 9.94. The Balaban J connectivity index is 0.803. The number of aliphatic hydroxyl groups is 1. The summed E-state index contributed by atoms with van der Waals surface area (Å²) in [7, 11) is 1.49. The number of rotatable bonds is 29. The lowest BCUT2D eigenvalue weighted by molar-refractivity contribution is 0.0921. The summed E-state index contributed by atoms with van der Waals surface area (Å²) in [6, 6.07) is 45.0. The number of hydrogen-bond acceptors (Lipinski definition) is 21. The molecule has 102 heavy (non-hydrogen) atoms. The predicted octanol–water partition coefficient (Wildman–Crippen LogP) is 13.0. The third-order valence-electron chi connectivity index (χ3n) is 17.8. The predicted molar refractivity (Wildman–Crippen MR) is 375 cm³/mol. The van der Waals surface area contributed by atoms with E-state index in [2.05, 4.69) is 0 Å². The minimum atomic E-state index is -0.417. The fourth-order valence-electron chi connectivity index (χ4n) is 12.1. The number of aromatic hydroxyl groups is 15. The molecular formula is C81H76O21. The van der Waals surface area contributed by atoms with Crippen molar-refractivity contribution in [2.45, 2.75) is 91.4 Å². The second-order valence-corrected chi connectivity index (χ2v) is 24.9. The van der Waals surface area contributed by atoms with Gasteiger partial charge in [-0.25, -0.2) is 0 Å². The van der Waals surface area contributed by atoms with Gasteiger partial charge in [0.1, 0.15) is 92.8 Å². The summed E-state index contributed by atoms with van der Waals surface area (Å²) in [5.74, 6) is -2.04. The van der Waals surface area contributed by atoms with Gasteiger partial charge in [-0.1, -0.05) is 60.7 Å². The normalized spacial score (nSPS) is 11.3. The van der Waals surface area contributed by atoms with E-state index in [0.717, 1.165) is 23.3 Å². The van der Waals surface area contributed by atoms with Gasteiger partial charge in [0.2, 0.25) is 0 Å². The summed E-state index contributed by atoms with van der Waals surface area (Å²) in [5, 5.41) is 174. The number of benzene rings is 11. The SMILES string of the molecule is COc1ccc(COc2cc(Cc3cccc(COCc4cc(Cc5ccc(O)c(Cc6cc(COCc7c(O)cc(O)cc7Cc7ccc(Cc8ccc(O)cc8O)c(O)c7)c(O)cc6O)c5O)c(O)cc4COCc4cc(O)c(CO)cc4Cc4ccc(O)cc4)c3O)ccc2O)c(O)c1. The Labute approximate surface area is 586 Å². The molecule has 11 aromatic rings. The Bertz CT molecular complexity index is 4850. The van der Waals surface area contributed by atoms with Crippen LogP contribution in [0.5, 0.6) is 97.7 Å². The molecular weight excluding hydrogens is 1310 g/mol. The van der Waals surface area contributed by atoms with Crippen molar-refractivity contribution < 1.29 is 105 Å². The molecule has 0 aliphatic rings. The lowest BCUT2D eigenvalue weighted by Crippen LogP contribution is -2.06. The van der Waals surface area contributed by atoms with Crippen LogP contribution in [0.4, 0.5) is 0 Å². The van der Waals surface area contributed by atoms with Gasteiger partial charge in [-0.15, -0.1) is 0 Å². The number of phenols is 15. The van der Waals surface area contributed by atoms with E-state index in [1.807, 2.05) is 0 Å². The van der Waals surface area contributed by atoms with E-state index in [0.29, 0.717) is 90.1 Å². The summed E-state index contributed by atoms with van der Waals surface area (Å²) < 4.78 is 29.8. The molecule has 0 bridgehead atoms. The zero-order valence-electron chi connectivity index (χ0n) is 55.3.